The minimum Gasteiger partial charge on any atom is -0.498 e. The number of aromatic nitrogens is 2. The molecule has 266 valence electrons. The lowest BCUT2D eigenvalue weighted by molar-refractivity contribution is 0.218. The van der Waals surface area contributed by atoms with Crippen LogP contribution >= 0.6 is 23.1 Å². The highest BCUT2D eigenvalue weighted by molar-refractivity contribution is 7.04. The molecule has 1 aliphatic rings. The minimum absolute atomic E-state index is 0.535. The summed E-state index contributed by atoms with van der Waals surface area (Å²) in [7, 11) is 8.17. The molecule has 51 heavy (non-hydrogen) atoms. The van der Waals surface area contributed by atoms with Crippen LogP contribution in [0.4, 0.5) is 0 Å². The van der Waals surface area contributed by atoms with Crippen LogP contribution in [0.5, 0.6) is 34.5 Å². The topological polar surface area (TPSA) is 90.4 Å². The van der Waals surface area contributed by atoms with Crippen LogP contribution in [0.3, 0.4) is 0 Å². The minimum atomic E-state index is 0.535. The van der Waals surface area contributed by atoms with Gasteiger partial charge < -0.3 is 33.2 Å². The third kappa shape index (κ3) is 7.84. The van der Waals surface area contributed by atoms with E-state index >= 15 is 0 Å². The molecule has 0 radical (unpaired) electrons. The maximum Gasteiger partial charge on any atom is 0.170 e. The van der Waals surface area contributed by atoms with Crippen LogP contribution in [-0.4, -0.2) is 57.5 Å². The lowest BCUT2D eigenvalue weighted by Crippen LogP contribution is -2.02. The zero-order chi connectivity index (χ0) is 35.7. The predicted molar refractivity (Wildman–Crippen MR) is 204 cm³/mol. The van der Waals surface area contributed by atoms with Crippen molar-refractivity contribution in [2.45, 2.75) is 32.6 Å². The molecule has 0 amide bonds. The molecule has 0 atom stereocenters. The Morgan fingerprint density at radius 3 is 1.84 bits per heavy atom. The second-order valence-corrected chi connectivity index (χ2v) is 12.9. The summed E-state index contributed by atoms with van der Waals surface area (Å²) in [5.74, 6) is 4.82. The molecule has 0 spiro atoms. The molecule has 3 aromatic carbocycles. The largest absolute Gasteiger partial charge is 0.498 e. The highest BCUT2D eigenvalue weighted by atomic mass is 32.1. The van der Waals surface area contributed by atoms with Crippen molar-refractivity contribution in [3.8, 4) is 68.1 Å². The molecule has 0 unspecified atom stereocenters. The van der Waals surface area contributed by atoms with Gasteiger partial charge in [0.05, 0.1) is 77.0 Å². The fraction of sp³-hybridized carbons (Fsp3) is 0.300. The molecule has 6 rings (SSSR count). The fourth-order valence-corrected chi connectivity index (χ4v) is 7.62. The van der Waals surface area contributed by atoms with Gasteiger partial charge in [-0.1, -0.05) is 30.3 Å². The van der Waals surface area contributed by atoms with Crippen molar-refractivity contribution in [2.24, 2.45) is 0 Å². The summed E-state index contributed by atoms with van der Waals surface area (Å²) in [6.07, 6.45) is 7.62. The van der Waals surface area contributed by atoms with Gasteiger partial charge in [0.1, 0.15) is 11.5 Å². The second kappa shape index (κ2) is 16.8. The number of nitrogens with zero attached hydrogens (tertiary/aromatic N) is 2. The van der Waals surface area contributed by atoms with Crippen LogP contribution in [0.1, 0.15) is 37.3 Å². The van der Waals surface area contributed by atoms with Gasteiger partial charge in [0.2, 0.25) is 0 Å². The summed E-state index contributed by atoms with van der Waals surface area (Å²) in [5.41, 5.74) is 8.92. The van der Waals surface area contributed by atoms with Gasteiger partial charge in [-0.05, 0) is 84.2 Å². The van der Waals surface area contributed by atoms with Gasteiger partial charge >= 0.3 is 0 Å². The number of hydrogen-bond donors (Lipinski definition) is 0. The Bertz CT molecular complexity index is 2010. The zero-order valence-electron chi connectivity index (χ0n) is 29.7. The van der Waals surface area contributed by atoms with E-state index in [0.717, 1.165) is 70.6 Å². The Balaban J connectivity index is 1.15. The Morgan fingerprint density at radius 2 is 1.25 bits per heavy atom. The van der Waals surface area contributed by atoms with Crippen molar-refractivity contribution in [3.05, 3.63) is 88.3 Å². The fourth-order valence-electron chi connectivity index (χ4n) is 6.19. The maximum atomic E-state index is 6.30. The molecule has 5 aromatic rings. The molecule has 1 aliphatic carbocycles. The average molecular weight is 727 g/mol. The monoisotopic (exact) mass is 726 g/mol. The molecule has 0 saturated heterocycles. The number of methoxy groups -OCH3 is 5. The summed E-state index contributed by atoms with van der Waals surface area (Å²) in [5, 5.41) is 4.14. The number of benzene rings is 3. The van der Waals surface area contributed by atoms with Crippen molar-refractivity contribution < 1.29 is 33.2 Å². The van der Waals surface area contributed by atoms with E-state index < -0.39 is 0 Å². The Morgan fingerprint density at radius 1 is 0.627 bits per heavy atom. The third-order valence-electron chi connectivity index (χ3n) is 8.72. The summed E-state index contributed by atoms with van der Waals surface area (Å²) in [6.45, 7) is 3.21. The van der Waals surface area contributed by atoms with E-state index in [1.807, 2.05) is 25.1 Å². The van der Waals surface area contributed by atoms with Gasteiger partial charge in [0.15, 0.2) is 23.0 Å². The van der Waals surface area contributed by atoms with Gasteiger partial charge in [0, 0.05) is 40.4 Å². The number of allylic oxidation sites excluding steroid dienone is 4. The first kappa shape index (κ1) is 35.8. The molecule has 11 heteroatoms. The molecule has 0 saturated carbocycles. The second-order valence-electron chi connectivity index (χ2n) is 11.7. The standard InChI is InChI=1S/C40H42N2O7S2/c1-7-48-28-16-14-27(15-17-28)34-24-51-42-38(34)32-20-30(22-36(45-4)40(32)47-6)49-18-8-9-25-10-12-26(13-11-25)33-23-50-41-37(33)31-19-29(43-2)21-35(44-3)39(31)46-5/h10-14,16,19-24H,7-9,15,17-18H2,1-6H3. The van der Waals surface area contributed by atoms with Crippen LogP contribution in [0.2, 0.25) is 0 Å². The third-order valence-corrected chi connectivity index (χ3v) is 9.98. The van der Waals surface area contributed by atoms with Crippen molar-refractivity contribution in [3.63, 3.8) is 0 Å². The van der Waals surface area contributed by atoms with Gasteiger partial charge in [-0.2, -0.15) is 8.75 Å². The SMILES string of the molecule is CCOC1=CC=C(c2csnc2-c2cc(OCCCc3ccc(-c4csnc4-c4cc(OC)cc(OC)c4OC)cc3)cc(OC)c2OC)CC1. The predicted octanol–water partition coefficient (Wildman–Crippen LogP) is 9.75. The zero-order valence-corrected chi connectivity index (χ0v) is 31.4. The van der Waals surface area contributed by atoms with Crippen molar-refractivity contribution in [2.75, 3.05) is 48.8 Å². The Kier molecular flexibility index (Phi) is 11.8. The van der Waals surface area contributed by atoms with E-state index in [2.05, 4.69) is 47.2 Å². The van der Waals surface area contributed by atoms with Crippen LogP contribution < -0.4 is 28.4 Å². The summed E-state index contributed by atoms with van der Waals surface area (Å²) in [4.78, 5) is 0. The van der Waals surface area contributed by atoms with Gasteiger partial charge in [0.25, 0.3) is 0 Å². The Hall–Kier alpha value is -5.00. The lowest BCUT2D eigenvalue weighted by atomic mass is 9.94. The van der Waals surface area contributed by atoms with Crippen LogP contribution in [0.15, 0.2) is 77.2 Å². The first-order chi connectivity index (χ1) is 25.0. The van der Waals surface area contributed by atoms with E-state index in [1.165, 1.54) is 34.2 Å². The van der Waals surface area contributed by atoms with Gasteiger partial charge in [-0.15, -0.1) is 0 Å². The maximum absolute atomic E-state index is 6.30. The highest BCUT2D eigenvalue weighted by Gasteiger charge is 2.23. The first-order valence-corrected chi connectivity index (χ1v) is 18.4. The number of aryl methyl sites for hydroxylation is 1. The number of hydrogen-bond acceptors (Lipinski definition) is 11. The van der Waals surface area contributed by atoms with Gasteiger partial charge in [-0.25, -0.2) is 0 Å². The normalized spacial score (nSPS) is 12.5. The van der Waals surface area contributed by atoms with E-state index in [1.54, 1.807) is 41.6 Å². The summed E-state index contributed by atoms with van der Waals surface area (Å²) < 4.78 is 49.9. The molecule has 9 nitrogen and oxygen atoms in total. The first-order valence-electron chi connectivity index (χ1n) is 16.7. The van der Waals surface area contributed by atoms with Crippen molar-refractivity contribution in [1.82, 2.24) is 8.75 Å². The highest BCUT2D eigenvalue weighted by Crippen LogP contribution is 2.46. The van der Waals surface area contributed by atoms with Crippen LogP contribution in [0, 0.1) is 0 Å². The van der Waals surface area contributed by atoms with Crippen LogP contribution in [-0.2, 0) is 11.2 Å². The molecule has 0 fully saturated rings. The van der Waals surface area contributed by atoms with E-state index in [4.69, 9.17) is 41.9 Å². The lowest BCUT2D eigenvalue weighted by Gasteiger charge is -2.18. The van der Waals surface area contributed by atoms with Crippen molar-refractivity contribution >= 4 is 28.6 Å². The smallest absolute Gasteiger partial charge is 0.170 e. The van der Waals surface area contributed by atoms with E-state index in [9.17, 15) is 0 Å². The molecule has 0 aliphatic heterocycles. The van der Waals surface area contributed by atoms with E-state index in [0.29, 0.717) is 47.7 Å². The number of ether oxygens (including phenoxy) is 7. The van der Waals surface area contributed by atoms with Gasteiger partial charge in [-0.3, -0.25) is 0 Å². The quantitative estimate of drug-likeness (QED) is 0.0922. The molecule has 0 N–H and O–H groups in total. The Labute approximate surface area is 307 Å². The summed E-state index contributed by atoms with van der Waals surface area (Å²) >= 11 is 2.83. The average Bonchev–Trinajstić information content (AvgIpc) is 3.87. The number of rotatable bonds is 16. The van der Waals surface area contributed by atoms with Crippen LogP contribution in [0.25, 0.3) is 39.2 Å². The molecular formula is C40H42N2O7S2. The molecule has 2 heterocycles. The molecule has 0 bridgehead atoms. The molecular weight excluding hydrogens is 685 g/mol. The molecule has 2 aromatic heterocycles. The summed E-state index contributed by atoms with van der Waals surface area (Å²) in [6, 6.07) is 16.2. The van der Waals surface area contributed by atoms with Crippen molar-refractivity contribution in [1.29, 1.82) is 0 Å². The van der Waals surface area contributed by atoms with E-state index in [-0.39, 0.29) is 0 Å².